The van der Waals surface area contributed by atoms with Crippen LogP contribution in [0.5, 0.6) is 0 Å². The predicted octanol–water partition coefficient (Wildman–Crippen LogP) is 3.29. The van der Waals surface area contributed by atoms with Gasteiger partial charge in [-0.15, -0.1) is 0 Å². The monoisotopic (exact) mass is 429 g/mol. The van der Waals surface area contributed by atoms with E-state index < -0.39 is 10.0 Å². The zero-order valence-corrected chi connectivity index (χ0v) is 18.0. The molecule has 0 radical (unpaired) electrons. The van der Waals surface area contributed by atoms with E-state index in [-0.39, 0.29) is 35.1 Å². The molecule has 1 aliphatic rings. The largest absolute Gasteiger partial charge is 0.326 e. The zero-order valence-electron chi connectivity index (χ0n) is 17.1. The van der Waals surface area contributed by atoms with Gasteiger partial charge in [-0.25, -0.2) is 13.1 Å². The first kappa shape index (κ1) is 22.0. The molecule has 30 heavy (non-hydrogen) atoms. The Morgan fingerprint density at radius 3 is 2.23 bits per heavy atom. The normalized spacial score (nSPS) is 13.8. The van der Waals surface area contributed by atoms with Crippen LogP contribution in [0.4, 0.5) is 11.4 Å². The molecule has 3 N–H and O–H groups in total. The average molecular weight is 430 g/mol. The summed E-state index contributed by atoms with van der Waals surface area (Å²) in [5.41, 5.74) is 2.12. The van der Waals surface area contributed by atoms with Crippen LogP contribution in [0, 0.1) is 5.92 Å². The lowest BCUT2D eigenvalue weighted by Crippen LogP contribution is -2.25. The first-order valence-corrected chi connectivity index (χ1v) is 11.5. The molecule has 0 spiro atoms. The fraction of sp³-hybridized carbons (Fsp3) is 0.364. The lowest BCUT2D eigenvalue weighted by molar-refractivity contribution is -0.119. The van der Waals surface area contributed by atoms with E-state index in [1.54, 1.807) is 48.5 Å². The lowest BCUT2D eigenvalue weighted by atomic mass is 10.1. The van der Waals surface area contributed by atoms with Crippen LogP contribution in [0.3, 0.4) is 0 Å². The number of anilines is 2. The van der Waals surface area contributed by atoms with Gasteiger partial charge in [0.1, 0.15) is 0 Å². The van der Waals surface area contributed by atoms with Gasteiger partial charge in [-0.05, 0) is 55.2 Å². The van der Waals surface area contributed by atoms with Gasteiger partial charge in [0.25, 0.3) is 0 Å². The van der Waals surface area contributed by atoms with Gasteiger partial charge in [0, 0.05) is 29.8 Å². The van der Waals surface area contributed by atoms with Gasteiger partial charge in [0.05, 0.1) is 4.90 Å². The highest BCUT2D eigenvalue weighted by Gasteiger charge is 2.27. The number of hydrogen-bond acceptors (Lipinski definition) is 4. The van der Waals surface area contributed by atoms with Gasteiger partial charge in [0.15, 0.2) is 0 Å². The van der Waals surface area contributed by atoms with Crippen LogP contribution in [-0.2, 0) is 26.0 Å². The van der Waals surface area contributed by atoms with E-state index in [4.69, 9.17) is 0 Å². The Kier molecular flexibility index (Phi) is 6.89. The second kappa shape index (κ2) is 9.40. The van der Waals surface area contributed by atoms with Gasteiger partial charge in [-0.1, -0.05) is 32.0 Å². The molecule has 0 aromatic heterocycles. The van der Waals surface area contributed by atoms with Gasteiger partial charge >= 0.3 is 0 Å². The van der Waals surface area contributed by atoms with Gasteiger partial charge in [0.2, 0.25) is 21.8 Å². The number of hydrogen-bond donors (Lipinski definition) is 3. The summed E-state index contributed by atoms with van der Waals surface area (Å²) in [6, 6.07) is 13.7. The van der Waals surface area contributed by atoms with Crippen molar-refractivity contribution in [3.05, 3.63) is 54.1 Å². The van der Waals surface area contributed by atoms with Crippen LogP contribution in [-0.4, -0.2) is 26.3 Å². The van der Waals surface area contributed by atoms with Crippen molar-refractivity contribution in [3.63, 3.8) is 0 Å². The third kappa shape index (κ3) is 6.40. The van der Waals surface area contributed by atoms with Gasteiger partial charge in [-0.3, -0.25) is 9.59 Å². The maximum atomic E-state index is 12.3. The van der Waals surface area contributed by atoms with Crippen LogP contribution in [0.1, 0.15) is 38.7 Å². The molecule has 0 heterocycles. The van der Waals surface area contributed by atoms with Gasteiger partial charge in [-0.2, -0.15) is 0 Å². The van der Waals surface area contributed by atoms with E-state index in [1.165, 1.54) is 0 Å². The summed E-state index contributed by atoms with van der Waals surface area (Å²) in [5, 5.41) is 5.62. The molecule has 1 saturated carbocycles. The van der Waals surface area contributed by atoms with E-state index >= 15 is 0 Å². The summed E-state index contributed by atoms with van der Waals surface area (Å²) < 4.78 is 27.0. The highest BCUT2D eigenvalue weighted by atomic mass is 32.2. The minimum atomic E-state index is -3.46. The number of carbonyl (C=O) groups is 2. The molecule has 3 rings (SSSR count). The highest BCUT2D eigenvalue weighted by Crippen LogP contribution is 2.22. The Labute approximate surface area is 177 Å². The molecular formula is C22H27N3O4S. The molecule has 1 fully saturated rings. The quantitative estimate of drug-likeness (QED) is 0.569. The van der Waals surface area contributed by atoms with Crippen molar-refractivity contribution >= 4 is 33.2 Å². The first-order valence-electron chi connectivity index (χ1n) is 10.0. The van der Waals surface area contributed by atoms with Crippen LogP contribution in [0.2, 0.25) is 0 Å². The third-order valence-electron chi connectivity index (χ3n) is 4.71. The van der Waals surface area contributed by atoms with Crippen molar-refractivity contribution in [3.8, 4) is 0 Å². The minimum Gasteiger partial charge on any atom is -0.326 e. The third-order valence-corrected chi connectivity index (χ3v) is 6.25. The molecule has 160 valence electrons. The molecular weight excluding hydrogens is 402 g/mol. The molecule has 1 aliphatic carbocycles. The molecule has 7 nitrogen and oxygen atoms in total. The Morgan fingerprint density at radius 2 is 1.63 bits per heavy atom. The average Bonchev–Trinajstić information content (AvgIpc) is 3.50. The zero-order chi connectivity index (χ0) is 21.7. The number of sulfonamides is 1. The van der Waals surface area contributed by atoms with Crippen molar-refractivity contribution in [1.29, 1.82) is 0 Å². The summed E-state index contributed by atoms with van der Waals surface area (Å²) in [6.07, 6.45) is 2.53. The van der Waals surface area contributed by atoms with Crippen molar-refractivity contribution in [2.75, 3.05) is 10.6 Å². The fourth-order valence-electron chi connectivity index (χ4n) is 2.77. The molecule has 8 heteroatoms. The van der Waals surface area contributed by atoms with E-state index in [0.29, 0.717) is 17.8 Å². The van der Waals surface area contributed by atoms with Crippen LogP contribution < -0.4 is 15.4 Å². The topological polar surface area (TPSA) is 104 Å². The number of rotatable bonds is 9. The summed E-state index contributed by atoms with van der Waals surface area (Å²) >= 11 is 0. The minimum absolute atomic E-state index is 0.0653. The Balaban J connectivity index is 1.51. The summed E-state index contributed by atoms with van der Waals surface area (Å²) in [6.45, 7) is 3.62. The number of amides is 2. The van der Waals surface area contributed by atoms with E-state index in [2.05, 4.69) is 15.4 Å². The van der Waals surface area contributed by atoms with Crippen LogP contribution in [0.15, 0.2) is 53.4 Å². The fourth-order valence-corrected chi connectivity index (χ4v) is 4.07. The van der Waals surface area contributed by atoms with E-state index in [9.17, 15) is 18.0 Å². The first-order chi connectivity index (χ1) is 14.2. The molecule has 2 amide bonds. The summed E-state index contributed by atoms with van der Waals surface area (Å²) in [5.74, 6) is -0.375. The molecule has 0 atom stereocenters. The second-order valence-electron chi connectivity index (χ2n) is 7.81. The molecule has 2 aromatic carbocycles. The second-order valence-corrected chi connectivity index (χ2v) is 9.53. The van der Waals surface area contributed by atoms with Crippen molar-refractivity contribution in [1.82, 2.24) is 4.72 Å². The molecule has 0 aliphatic heterocycles. The molecule has 0 unspecified atom stereocenters. The maximum absolute atomic E-state index is 12.3. The Morgan fingerprint density at radius 1 is 1.00 bits per heavy atom. The summed E-state index contributed by atoms with van der Waals surface area (Å²) in [4.78, 5) is 24.3. The number of aryl methyl sites for hydroxylation is 1. The van der Waals surface area contributed by atoms with E-state index in [1.807, 2.05) is 13.8 Å². The van der Waals surface area contributed by atoms with Crippen LogP contribution >= 0.6 is 0 Å². The Hall–Kier alpha value is -2.71. The smallest absolute Gasteiger partial charge is 0.240 e. The van der Waals surface area contributed by atoms with Crippen molar-refractivity contribution in [2.24, 2.45) is 5.92 Å². The van der Waals surface area contributed by atoms with Gasteiger partial charge < -0.3 is 10.6 Å². The Bertz CT molecular complexity index is 1010. The molecule has 2 aromatic rings. The molecule has 0 bridgehead atoms. The van der Waals surface area contributed by atoms with E-state index in [0.717, 1.165) is 18.4 Å². The van der Waals surface area contributed by atoms with Crippen molar-refractivity contribution < 1.29 is 18.0 Å². The highest BCUT2D eigenvalue weighted by molar-refractivity contribution is 7.89. The maximum Gasteiger partial charge on any atom is 0.240 e. The predicted molar refractivity (Wildman–Crippen MR) is 117 cm³/mol. The lowest BCUT2D eigenvalue weighted by Gasteiger charge is -2.10. The number of nitrogens with one attached hydrogen (secondary N) is 3. The van der Waals surface area contributed by atoms with Crippen LogP contribution in [0.25, 0.3) is 0 Å². The van der Waals surface area contributed by atoms with Crippen molar-refractivity contribution in [2.45, 2.75) is 50.5 Å². The number of carbonyl (C=O) groups excluding carboxylic acids is 2. The SMILES string of the molecule is CC(C)C(=O)Nc1cccc(NC(=O)CCc2ccc(S(=O)(=O)NC3CC3)cc2)c1. The summed E-state index contributed by atoms with van der Waals surface area (Å²) in [7, 11) is -3.46. The number of benzene rings is 2. The molecule has 0 saturated heterocycles. The standard InChI is InChI=1S/C22H27N3O4S/c1-15(2)22(27)24-19-5-3-4-18(14-19)23-21(26)13-8-16-6-11-20(12-7-16)30(28,29)25-17-9-10-17/h3-7,11-12,14-15,17,25H,8-10,13H2,1-2H3,(H,23,26)(H,24,27).